The summed E-state index contributed by atoms with van der Waals surface area (Å²) in [6.45, 7) is 5.99. The predicted octanol–water partition coefficient (Wildman–Crippen LogP) is 4.00. The van der Waals surface area contributed by atoms with Crippen LogP contribution in [0.4, 0.5) is 0 Å². The number of nitrogens with one attached hydrogen (secondary N) is 1. The molecule has 0 unspecified atom stereocenters. The minimum atomic E-state index is -0.620. The summed E-state index contributed by atoms with van der Waals surface area (Å²) in [6, 6.07) is 14.6. The Morgan fingerprint density at radius 1 is 1.12 bits per heavy atom. The molecule has 1 N–H and O–H groups in total. The first-order valence-electron chi connectivity index (χ1n) is 7.86. The fourth-order valence-electron chi connectivity index (χ4n) is 2.06. The minimum absolute atomic E-state index is 0.135. The normalized spacial score (nSPS) is 13.0. The number of aryl methyl sites for hydroxylation is 1. The topological polar surface area (TPSA) is 47.6 Å². The molecule has 0 aliphatic heterocycles. The maximum Gasteiger partial charge on any atom is 0.261 e. The van der Waals surface area contributed by atoms with Crippen LogP contribution in [-0.2, 0) is 4.79 Å². The van der Waals surface area contributed by atoms with E-state index < -0.39 is 6.10 Å². The monoisotopic (exact) mass is 347 g/mol. The number of ether oxygens (including phenoxy) is 2. The third-order valence-electron chi connectivity index (χ3n) is 3.39. The van der Waals surface area contributed by atoms with Crippen molar-refractivity contribution in [2.75, 3.05) is 6.61 Å². The summed E-state index contributed by atoms with van der Waals surface area (Å²) < 4.78 is 11.3. The fourth-order valence-corrected chi connectivity index (χ4v) is 2.24. The smallest absolute Gasteiger partial charge is 0.261 e. The number of hydrogen-bond acceptors (Lipinski definition) is 3. The molecule has 0 radical (unpaired) electrons. The number of carbonyl (C=O) groups is 1. The highest BCUT2D eigenvalue weighted by molar-refractivity contribution is 6.30. The highest BCUT2D eigenvalue weighted by atomic mass is 35.5. The Labute approximate surface area is 147 Å². The number of hydrogen-bond donors (Lipinski definition) is 1. The Bertz CT molecular complexity index is 673. The van der Waals surface area contributed by atoms with E-state index in [0.29, 0.717) is 17.4 Å². The van der Waals surface area contributed by atoms with Crippen LogP contribution in [0.15, 0.2) is 48.5 Å². The Balaban J connectivity index is 1.78. The van der Waals surface area contributed by atoms with E-state index in [0.717, 1.165) is 5.75 Å². The van der Waals surface area contributed by atoms with E-state index in [2.05, 4.69) is 5.32 Å². The van der Waals surface area contributed by atoms with Gasteiger partial charge in [-0.25, -0.2) is 0 Å². The molecule has 4 nitrogen and oxygen atoms in total. The van der Waals surface area contributed by atoms with Crippen molar-refractivity contribution in [3.05, 3.63) is 59.1 Å². The van der Waals surface area contributed by atoms with Gasteiger partial charge in [-0.15, -0.1) is 0 Å². The Hall–Kier alpha value is -2.20. The molecule has 0 saturated carbocycles. The van der Waals surface area contributed by atoms with Gasteiger partial charge in [0.15, 0.2) is 6.10 Å². The van der Waals surface area contributed by atoms with Gasteiger partial charge in [0.25, 0.3) is 5.91 Å². The Morgan fingerprint density at radius 2 is 1.83 bits per heavy atom. The highest BCUT2D eigenvalue weighted by Gasteiger charge is 2.17. The second kappa shape index (κ2) is 8.60. The van der Waals surface area contributed by atoms with E-state index in [1.54, 1.807) is 31.2 Å². The molecule has 0 bridgehead atoms. The molecule has 0 saturated heterocycles. The van der Waals surface area contributed by atoms with Crippen molar-refractivity contribution in [3.63, 3.8) is 0 Å². The van der Waals surface area contributed by atoms with Gasteiger partial charge in [-0.05, 0) is 51.1 Å². The van der Waals surface area contributed by atoms with Gasteiger partial charge < -0.3 is 14.8 Å². The summed E-state index contributed by atoms with van der Waals surface area (Å²) >= 11 is 5.90. The molecule has 0 spiro atoms. The van der Waals surface area contributed by atoms with E-state index in [1.807, 2.05) is 38.1 Å². The zero-order valence-corrected chi connectivity index (χ0v) is 14.8. The quantitative estimate of drug-likeness (QED) is 0.823. The van der Waals surface area contributed by atoms with Crippen molar-refractivity contribution in [1.82, 2.24) is 5.32 Å². The average Bonchev–Trinajstić information content (AvgIpc) is 2.54. The molecule has 0 fully saturated rings. The molecule has 128 valence electrons. The first-order chi connectivity index (χ1) is 11.4. The highest BCUT2D eigenvalue weighted by Crippen LogP contribution is 2.18. The van der Waals surface area contributed by atoms with Crippen LogP contribution in [-0.4, -0.2) is 24.7 Å². The molecule has 2 aromatic carbocycles. The summed E-state index contributed by atoms with van der Waals surface area (Å²) in [5.41, 5.74) is 1.18. The third kappa shape index (κ3) is 5.78. The third-order valence-corrected chi connectivity index (χ3v) is 3.62. The standard InChI is InChI=1S/C19H22ClNO3/c1-13-7-9-17(10-8-13)23-12-14(2)21-19(22)15(3)24-18-6-4-5-16(20)11-18/h4-11,14-15H,12H2,1-3H3,(H,21,22)/t14-,15+/m0/s1. The van der Waals surface area contributed by atoms with Crippen molar-refractivity contribution in [3.8, 4) is 11.5 Å². The van der Waals surface area contributed by atoms with Crippen molar-refractivity contribution >= 4 is 17.5 Å². The molecular formula is C19H22ClNO3. The van der Waals surface area contributed by atoms with Gasteiger partial charge in [0.1, 0.15) is 18.1 Å². The van der Waals surface area contributed by atoms with Crippen LogP contribution in [0.2, 0.25) is 5.02 Å². The van der Waals surface area contributed by atoms with Crippen LogP contribution in [0.1, 0.15) is 19.4 Å². The first-order valence-corrected chi connectivity index (χ1v) is 8.24. The summed E-state index contributed by atoms with van der Waals surface area (Å²) in [5.74, 6) is 1.15. The van der Waals surface area contributed by atoms with E-state index >= 15 is 0 Å². The van der Waals surface area contributed by atoms with Crippen LogP contribution < -0.4 is 14.8 Å². The largest absolute Gasteiger partial charge is 0.491 e. The molecule has 0 heterocycles. The van der Waals surface area contributed by atoms with Crippen LogP contribution in [0, 0.1) is 6.92 Å². The van der Waals surface area contributed by atoms with Crippen molar-refractivity contribution < 1.29 is 14.3 Å². The van der Waals surface area contributed by atoms with Gasteiger partial charge in [-0.3, -0.25) is 4.79 Å². The number of benzene rings is 2. The molecule has 5 heteroatoms. The SMILES string of the molecule is Cc1ccc(OC[C@H](C)NC(=O)[C@@H](C)Oc2cccc(Cl)c2)cc1. The number of carbonyl (C=O) groups excluding carboxylic acids is 1. The number of rotatable bonds is 7. The zero-order valence-electron chi connectivity index (χ0n) is 14.1. The van der Waals surface area contributed by atoms with Gasteiger partial charge in [-0.2, -0.15) is 0 Å². The lowest BCUT2D eigenvalue weighted by molar-refractivity contribution is -0.128. The molecular weight excluding hydrogens is 326 g/mol. The molecule has 1 amide bonds. The molecule has 0 aliphatic rings. The molecule has 0 aliphatic carbocycles. The lowest BCUT2D eigenvalue weighted by atomic mass is 10.2. The molecule has 2 aromatic rings. The van der Waals surface area contributed by atoms with Crippen LogP contribution >= 0.6 is 11.6 Å². The van der Waals surface area contributed by atoms with Crippen molar-refractivity contribution in [1.29, 1.82) is 0 Å². The Morgan fingerprint density at radius 3 is 2.50 bits per heavy atom. The first kappa shape index (κ1) is 18.1. The number of halogens is 1. The molecule has 24 heavy (non-hydrogen) atoms. The summed E-state index contributed by atoms with van der Waals surface area (Å²) in [4.78, 5) is 12.2. The second-order valence-electron chi connectivity index (χ2n) is 5.75. The summed E-state index contributed by atoms with van der Waals surface area (Å²) in [5, 5.41) is 3.44. The van der Waals surface area contributed by atoms with E-state index in [9.17, 15) is 4.79 Å². The molecule has 2 rings (SSSR count). The fraction of sp³-hybridized carbons (Fsp3) is 0.316. The van der Waals surface area contributed by atoms with Gasteiger partial charge in [0.05, 0.1) is 6.04 Å². The van der Waals surface area contributed by atoms with Crippen LogP contribution in [0.25, 0.3) is 0 Å². The van der Waals surface area contributed by atoms with Crippen LogP contribution in [0.3, 0.4) is 0 Å². The van der Waals surface area contributed by atoms with Gasteiger partial charge in [0.2, 0.25) is 0 Å². The van der Waals surface area contributed by atoms with Gasteiger partial charge >= 0.3 is 0 Å². The minimum Gasteiger partial charge on any atom is -0.491 e. The lowest BCUT2D eigenvalue weighted by Crippen LogP contribution is -2.43. The van der Waals surface area contributed by atoms with Crippen LogP contribution in [0.5, 0.6) is 11.5 Å². The molecule has 0 aromatic heterocycles. The van der Waals surface area contributed by atoms with Gasteiger partial charge in [-0.1, -0.05) is 35.4 Å². The Kier molecular flexibility index (Phi) is 6.50. The second-order valence-corrected chi connectivity index (χ2v) is 6.19. The van der Waals surface area contributed by atoms with E-state index in [1.165, 1.54) is 5.56 Å². The van der Waals surface area contributed by atoms with Crippen molar-refractivity contribution in [2.24, 2.45) is 0 Å². The van der Waals surface area contributed by atoms with Crippen molar-refractivity contribution in [2.45, 2.75) is 32.9 Å². The number of amides is 1. The van der Waals surface area contributed by atoms with E-state index in [4.69, 9.17) is 21.1 Å². The zero-order chi connectivity index (χ0) is 17.5. The molecule has 2 atom stereocenters. The maximum absolute atomic E-state index is 12.2. The van der Waals surface area contributed by atoms with Gasteiger partial charge in [0, 0.05) is 5.02 Å². The summed E-state index contributed by atoms with van der Waals surface area (Å²) in [6.07, 6.45) is -0.620. The lowest BCUT2D eigenvalue weighted by Gasteiger charge is -2.19. The summed E-state index contributed by atoms with van der Waals surface area (Å²) in [7, 11) is 0. The van der Waals surface area contributed by atoms with E-state index in [-0.39, 0.29) is 11.9 Å². The average molecular weight is 348 g/mol. The predicted molar refractivity (Wildman–Crippen MR) is 95.8 cm³/mol. The maximum atomic E-state index is 12.2.